The lowest BCUT2D eigenvalue weighted by Crippen LogP contribution is -2.48. The monoisotopic (exact) mass is 249 g/mol. The number of para-hydroxylation sites is 1. The summed E-state index contributed by atoms with van der Waals surface area (Å²) < 4.78 is 5.59. The van der Waals surface area contributed by atoms with Gasteiger partial charge in [0.25, 0.3) is 0 Å². The SMILES string of the molecule is CN=C(NCCOc1ccccc1)NC(C)(C)C. The number of rotatable bonds is 4. The lowest BCUT2D eigenvalue weighted by atomic mass is 10.1. The second kappa shape index (κ2) is 6.89. The Morgan fingerprint density at radius 1 is 1.22 bits per heavy atom. The first kappa shape index (κ1) is 14.4. The summed E-state index contributed by atoms with van der Waals surface area (Å²) in [7, 11) is 1.76. The van der Waals surface area contributed by atoms with Crippen LogP contribution in [0.3, 0.4) is 0 Å². The highest BCUT2D eigenvalue weighted by atomic mass is 16.5. The molecule has 0 amide bonds. The normalized spacial score (nSPS) is 12.1. The molecule has 2 N–H and O–H groups in total. The molecule has 0 aliphatic carbocycles. The van der Waals surface area contributed by atoms with E-state index in [1.54, 1.807) is 7.05 Å². The zero-order chi connectivity index (χ0) is 13.4. The quantitative estimate of drug-likeness (QED) is 0.487. The van der Waals surface area contributed by atoms with E-state index in [1.165, 1.54) is 0 Å². The number of nitrogens with one attached hydrogen (secondary N) is 2. The molecule has 1 aromatic carbocycles. The smallest absolute Gasteiger partial charge is 0.191 e. The molecule has 0 radical (unpaired) electrons. The van der Waals surface area contributed by atoms with Crippen LogP contribution >= 0.6 is 0 Å². The maximum absolute atomic E-state index is 5.59. The van der Waals surface area contributed by atoms with Crippen LogP contribution in [0.4, 0.5) is 0 Å². The number of guanidine groups is 1. The number of ether oxygens (including phenoxy) is 1. The molecule has 4 heteroatoms. The summed E-state index contributed by atoms with van der Waals surface area (Å²) in [6.07, 6.45) is 0. The first-order valence-electron chi connectivity index (χ1n) is 6.18. The van der Waals surface area contributed by atoms with E-state index >= 15 is 0 Å². The average molecular weight is 249 g/mol. The Balaban J connectivity index is 2.25. The van der Waals surface area contributed by atoms with Crippen LogP contribution in [0.2, 0.25) is 0 Å². The van der Waals surface area contributed by atoms with E-state index in [0.29, 0.717) is 13.2 Å². The van der Waals surface area contributed by atoms with E-state index in [-0.39, 0.29) is 5.54 Å². The van der Waals surface area contributed by atoms with Crippen molar-refractivity contribution in [3.05, 3.63) is 30.3 Å². The fraction of sp³-hybridized carbons (Fsp3) is 0.500. The van der Waals surface area contributed by atoms with Crippen molar-refractivity contribution in [2.45, 2.75) is 26.3 Å². The van der Waals surface area contributed by atoms with Gasteiger partial charge in [0.2, 0.25) is 0 Å². The van der Waals surface area contributed by atoms with Crippen molar-refractivity contribution in [1.29, 1.82) is 0 Å². The van der Waals surface area contributed by atoms with Crippen LogP contribution < -0.4 is 15.4 Å². The Labute approximate surface area is 109 Å². The van der Waals surface area contributed by atoms with Gasteiger partial charge in [0.05, 0.1) is 6.54 Å². The van der Waals surface area contributed by atoms with E-state index in [0.717, 1.165) is 11.7 Å². The zero-order valence-corrected chi connectivity index (χ0v) is 11.7. The van der Waals surface area contributed by atoms with Crippen molar-refractivity contribution in [2.24, 2.45) is 4.99 Å². The maximum atomic E-state index is 5.59. The summed E-state index contributed by atoms with van der Waals surface area (Å²) in [6.45, 7) is 7.61. The Morgan fingerprint density at radius 2 is 1.89 bits per heavy atom. The fourth-order valence-corrected chi connectivity index (χ4v) is 1.39. The zero-order valence-electron chi connectivity index (χ0n) is 11.7. The molecule has 4 nitrogen and oxygen atoms in total. The largest absolute Gasteiger partial charge is 0.492 e. The molecule has 1 rings (SSSR count). The molecule has 0 fully saturated rings. The summed E-state index contributed by atoms with van der Waals surface area (Å²) in [6, 6.07) is 9.79. The molecule has 0 atom stereocenters. The average Bonchev–Trinajstić information content (AvgIpc) is 2.33. The van der Waals surface area contributed by atoms with Crippen LogP contribution in [0, 0.1) is 0 Å². The maximum Gasteiger partial charge on any atom is 0.191 e. The van der Waals surface area contributed by atoms with Crippen LogP contribution in [0.15, 0.2) is 35.3 Å². The van der Waals surface area contributed by atoms with Crippen LogP contribution in [0.1, 0.15) is 20.8 Å². The third kappa shape index (κ3) is 6.13. The van der Waals surface area contributed by atoms with Gasteiger partial charge < -0.3 is 15.4 Å². The summed E-state index contributed by atoms with van der Waals surface area (Å²) in [4.78, 5) is 4.16. The van der Waals surface area contributed by atoms with Crippen LogP contribution in [-0.4, -0.2) is 31.7 Å². The van der Waals surface area contributed by atoms with Gasteiger partial charge in [-0.25, -0.2) is 0 Å². The van der Waals surface area contributed by atoms with E-state index in [2.05, 4.69) is 36.4 Å². The number of benzene rings is 1. The molecular formula is C14H23N3O. The van der Waals surface area contributed by atoms with Crippen molar-refractivity contribution < 1.29 is 4.74 Å². The number of aliphatic imine (C=N–C) groups is 1. The van der Waals surface area contributed by atoms with Gasteiger partial charge in [-0.1, -0.05) is 18.2 Å². The highest BCUT2D eigenvalue weighted by Gasteiger charge is 2.11. The summed E-state index contributed by atoms with van der Waals surface area (Å²) >= 11 is 0. The number of nitrogens with zero attached hydrogens (tertiary/aromatic N) is 1. The van der Waals surface area contributed by atoms with Gasteiger partial charge in [-0.15, -0.1) is 0 Å². The second-order valence-corrected chi connectivity index (χ2v) is 5.04. The molecule has 100 valence electrons. The molecule has 0 aliphatic rings. The van der Waals surface area contributed by atoms with Crippen molar-refractivity contribution in [2.75, 3.05) is 20.2 Å². The van der Waals surface area contributed by atoms with E-state index in [1.807, 2.05) is 30.3 Å². The molecule has 0 unspecified atom stereocenters. The fourth-order valence-electron chi connectivity index (χ4n) is 1.39. The van der Waals surface area contributed by atoms with Crippen LogP contribution in [0.5, 0.6) is 5.75 Å². The molecule has 18 heavy (non-hydrogen) atoms. The summed E-state index contributed by atoms with van der Waals surface area (Å²) in [5.41, 5.74) is 0.00211. The van der Waals surface area contributed by atoms with Crippen molar-refractivity contribution in [3.63, 3.8) is 0 Å². The molecule has 0 saturated heterocycles. The molecule has 0 spiro atoms. The van der Waals surface area contributed by atoms with Crippen LogP contribution in [0.25, 0.3) is 0 Å². The van der Waals surface area contributed by atoms with Gasteiger partial charge >= 0.3 is 0 Å². The first-order chi connectivity index (χ1) is 8.51. The predicted molar refractivity (Wildman–Crippen MR) is 76.2 cm³/mol. The number of hydrogen-bond acceptors (Lipinski definition) is 2. The minimum Gasteiger partial charge on any atom is -0.492 e. The van der Waals surface area contributed by atoms with Crippen molar-refractivity contribution in [3.8, 4) is 5.75 Å². The standard InChI is InChI=1S/C14H23N3O/c1-14(2,3)17-13(15-4)16-10-11-18-12-8-6-5-7-9-12/h5-9H,10-11H2,1-4H3,(H2,15,16,17). The van der Waals surface area contributed by atoms with E-state index in [4.69, 9.17) is 4.74 Å². The Hall–Kier alpha value is -1.71. The molecule has 0 aliphatic heterocycles. The second-order valence-electron chi connectivity index (χ2n) is 5.04. The van der Waals surface area contributed by atoms with Crippen LogP contribution in [-0.2, 0) is 0 Å². The summed E-state index contributed by atoms with van der Waals surface area (Å²) in [5.74, 6) is 1.68. The minimum absolute atomic E-state index is 0.00211. The highest BCUT2D eigenvalue weighted by Crippen LogP contribution is 2.07. The topological polar surface area (TPSA) is 45.7 Å². The van der Waals surface area contributed by atoms with Gasteiger partial charge in [-0.3, -0.25) is 4.99 Å². The molecule has 0 aromatic heterocycles. The lowest BCUT2D eigenvalue weighted by molar-refractivity contribution is 0.321. The molecule has 0 saturated carbocycles. The Morgan fingerprint density at radius 3 is 2.44 bits per heavy atom. The lowest BCUT2D eigenvalue weighted by Gasteiger charge is -2.23. The van der Waals surface area contributed by atoms with E-state index < -0.39 is 0 Å². The molecule has 0 heterocycles. The highest BCUT2D eigenvalue weighted by molar-refractivity contribution is 5.80. The van der Waals surface area contributed by atoms with Gasteiger partial charge in [0.1, 0.15) is 12.4 Å². The molecular weight excluding hydrogens is 226 g/mol. The summed E-state index contributed by atoms with van der Waals surface area (Å²) in [5, 5.41) is 6.50. The predicted octanol–water partition coefficient (Wildman–Crippen LogP) is 2.03. The Kier molecular flexibility index (Phi) is 5.49. The van der Waals surface area contributed by atoms with Gasteiger partial charge in [-0.2, -0.15) is 0 Å². The van der Waals surface area contributed by atoms with Crippen molar-refractivity contribution in [1.82, 2.24) is 10.6 Å². The Bertz CT molecular complexity index is 368. The van der Waals surface area contributed by atoms with Gasteiger partial charge in [0.15, 0.2) is 5.96 Å². The van der Waals surface area contributed by atoms with Crippen molar-refractivity contribution >= 4 is 5.96 Å². The van der Waals surface area contributed by atoms with E-state index in [9.17, 15) is 0 Å². The minimum atomic E-state index is 0.00211. The van der Waals surface area contributed by atoms with Gasteiger partial charge in [-0.05, 0) is 32.9 Å². The third-order valence-electron chi connectivity index (χ3n) is 2.12. The van der Waals surface area contributed by atoms with Gasteiger partial charge in [0, 0.05) is 12.6 Å². The molecule has 0 bridgehead atoms. The molecule has 1 aromatic rings. The first-order valence-corrected chi connectivity index (χ1v) is 6.18. The third-order valence-corrected chi connectivity index (χ3v) is 2.12. The number of hydrogen-bond donors (Lipinski definition) is 2.